The maximum atomic E-state index is 8.89. The molecule has 1 aliphatic carbocycles. The molecule has 1 aromatic carbocycles. The Bertz CT molecular complexity index is 621. The molecule has 1 aliphatic rings. The number of nitrogens with one attached hydrogen (secondary N) is 2. The van der Waals surface area contributed by atoms with Crippen LogP contribution in [0.2, 0.25) is 0 Å². The number of rotatable bonds is 5. The number of aryl methyl sites for hydroxylation is 1. The van der Waals surface area contributed by atoms with Gasteiger partial charge in [-0.1, -0.05) is 12.1 Å². The van der Waals surface area contributed by atoms with Gasteiger partial charge in [0, 0.05) is 47.5 Å². The van der Waals surface area contributed by atoms with E-state index in [-0.39, 0.29) is 19.0 Å². The number of aliphatic hydroxyl groups is 1. The molecule has 2 aromatic rings. The van der Waals surface area contributed by atoms with Crippen molar-refractivity contribution in [2.24, 2.45) is 0 Å². The van der Waals surface area contributed by atoms with E-state index in [1.165, 1.54) is 47.7 Å². The van der Waals surface area contributed by atoms with Crippen LogP contribution in [-0.2, 0) is 0 Å². The van der Waals surface area contributed by atoms with Crippen molar-refractivity contribution in [1.29, 1.82) is 0 Å². The van der Waals surface area contributed by atoms with E-state index in [0.717, 1.165) is 0 Å². The summed E-state index contributed by atoms with van der Waals surface area (Å²) in [5, 5.41) is 18.5. The number of hydrogen-bond acceptors (Lipinski definition) is 4. The Kier molecular flexibility index (Phi) is 6.63. The molecule has 1 fully saturated rings. The van der Waals surface area contributed by atoms with Crippen LogP contribution in [0.15, 0.2) is 30.6 Å². The van der Waals surface area contributed by atoms with E-state index in [0.29, 0.717) is 18.6 Å². The monoisotopic (exact) mass is 335 g/mol. The van der Waals surface area contributed by atoms with Crippen LogP contribution in [0.3, 0.4) is 0 Å². The van der Waals surface area contributed by atoms with Crippen LogP contribution < -0.4 is 10.6 Å². The lowest BCUT2D eigenvalue weighted by Gasteiger charge is -2.30. The van der Waals surface area contributed by atoms with Gasteiger partial charge in [-0.2, -0.15) is 0 Å². The van der Waals surface area contributed by atoms with Gasteiger partial charge in [-0.3, -0.25) is 4.98 Å². The van der Waals surface area contributed by atoms with Gasteiger partial charge in [0.2, 0.25) is 0 Å². The molecule has 1 aromatic heterocycles. The third-order valence-electron chi connectivity index (χ3n) is 4.60. The van der Waals surface area contributed by atoms with Crippen LogP contribution in [0, 0.1) is 6.92 Å². The van der Waals surface area contributed by atoms with Crippen molar-refractivity contribution in [3.8, 4) is 0 Å². The van der Waals surface area contributed by atoms with Crippen molar-refractivity contribution in [3.63, 3.8) is 0 Å². The van der Waals surface area contributed by atoms with Crippen molar-refractivity contribution in [1.82, 2.24) is 10.3 Å². The van der Waals surface area contributed by atoms with E-state index in [9.17, 15) is 0 Å². The second kappa shape index (κ2) is 8.48. The highest BCUT2D eigenvalue weighted by molar-refractivity contribution is 5.95. The predicted octanol–water partition coefficient (Wildman–Crippen LogP) is 3.27. The summed E-state index contributed by atoms with van der Waals surface area (Å²) in [6.45, 7) is 3.05. The van der Waals surface area contributed by atoms with Crippen LogP contribution in [0.25, 0.3) is 10.8 Å². The average molecular weight is 336 g/mol. The summed E-state index contributed by atoms with van der Waals surface area (Å²) >= 11 is 0. The molecular formula is C18H26ClN3O. The van der Waals surface area contributed by atoms with Gasteiger partial charge in [-0.15, -0.1) is 12.4 Å². The minimum absolute atomic E-state index is 0. The molecule has 126 valence electrons. The second-order valence-electron chi connectivity index (χ2n) is 6.23. The SMILES string of the molecule is Cc1cncc2cccc(N[C@H]3CC[C@@H](NCCO)CC3)c12.Cl. The van der Waals surface area contributed by atoms with E-state index in [1.54, 1.807) is 0 Å². The van der Waals surface area contributed by atoms with Gasteiger partial charge in [0.1, 0.15) is 0 Å². The normalized spacial score (nSPS) is 21.0. The molecule has 23 heavy (non-hydrogen) atoms. The average Bonchev–Trinajstić information content (AvgIpc) is 2.54. The molecule has 3 rings (SSSR count). The summed E-state index contributed by atoms with van der Waals surface area (Å²) < 4.78 is 0. The molecule has 1 heterocycles. The second-order valence-corrected chi connectivity index (χ2v) is 6.23. The number of pyridine rings is 1. The molecule has 1 saturated carbocycles. The first-order valence-corrected chi connectivity index (χ1v) is 8.22. The summed E-state index contributed by atoms with van der Waals surface area (Å²) in [5.74, 6) is 0. The zero-order valence-electron chi connectivity index (χ0n) is 13.6. The van der Waals surface area contributed by atoms with Gasteiger partial charge >= 0.3 is 0 Å². The molecular weight excluding hydrogens is 310 g/mol. The number of fused-ring (bicyclic) bond motifs is 1. The van der Waals surface area contributed by atoms with Crippen molar-refractivity contribution in [2.45, 2.75) is 44.7 Å². The molecule has 0 spiro atoms. The molecule has 5 heteroatoms. The maximum Gasteiger partial charge on any atom is 0.0556 e. The highest BCUT2D eigenvalue weighted by Crippen LogP contribution is 2.29. The molecule has 3 N–H and O–H groups in total. The summed E-state index contributed by atoms with van der Waals surface area (Å²) in [5.41, 5.74) is 2.45. The quantitative estimate of drug-likeness (QED) is 0.785. The van der Waals surface area contributed by atoms with Gasteiger partial charge in [0.05, 0.1) is 6.61 Å². The summed E-state index contributed by atoms with van der Waals surface area (Å²) in [4.78, 5) is 4.28. The first kappa shape index (κ1) is 18.0. The Morgan fingerprint density at radius 3 is 2.61 bits per heavy atom. The Morgan fingerprint density at radius 1 is 1.13 bits per heavy atom. The standard InChI is InChI=1S/C18H25N3O.ClH/c1-13-11-19-12-14-3-2-4-17(18(13)14)21-16-7-5-15(6-8-16)20-9-10-22;/h2-4,11-12,15-16,20-22H,5-10H2,1H3;1H/t15-,16+;. The van der Waals surface area contributed by atoms with Gasteiger partial charge in [0.15, 0.2) is 0 Å². The lowest BCUT2D eigenvalue weighted by Crippen LogP contribution is -2.38. The van der Waals surface area contributed by atoms with E-state index in [4.69, 9.17) is 5.11 Å². The zero-order chi connectivity index (χ0) is 15.4. The van der Waals surface area contributed by atoms with Crippen LogP contribution in [0.4, 0.5) is 5.69 Å². The largest absolute Gasteiger partial charge is 0.395 e. The number of aromatic nitrogens is 1. The van der Waals surface area contributed by atoms with Gasteiger partial charge in [0.25, 0.3) is 0 Å². The fourth-order valence-electron chi connectivity index (χ4n) is 3.46. The van der Waals surface area contributed by atoms with E-state index < -0.39 is 0 Å². The summed E-state index contributed by atoms with van der Waals surface area (Å²) in [7, 11) is 0. The number of anilines is 1. The molecule has 0 bridgehead atoms. The smallest absolute Gasteiger partial charge is 0.0556 e. The molecule has 0 aliphatic heterocycles. The van der Waals surface area contributed by atoms with Gasteiger partial charge < -0.3 is 15.7 Å². The molecule has 0 amide bonds. The van der Waals surface area contributed by atoms with Crippen molar-refractivity contribution in [3.05, 3.63) is 36.2 Å². The van der Waals surface area contributed by atoms with Crippen LogP contribution in [0.1, 0.15) is 31.2 Å². The minimum atomic E-state index is 0. The number of aliphatic hydroxyl groups excluding tert-OH is 1. The highest BCUT2D eigenvalue weighted by Gasteiger charge is 2.21. The third-order valence-corrected chi connectivity index (χ3v) is 4.60. The highest BCUT2D eigenvalue weighted by atomic mass is 35.5. The Hall–Kier alpha value is -1.36. The lowest BCUT2D eigenvalue weighted by molar-refractivity contribution is 0.269. The maximum absolute atomic E-state index is 8.89. The van der Waals surface area contributed by atoms with Crippen LogP contribution in [-0.4, -0.2) is 35.3 Å². The molecule has 4 nitrogen and oxygen atoms in total. The molecule has 0 atom stereocenters. The fraction of sp³-hybridized carbons (Fsp3) is 0.500. The van der Waals surface area contributed by atoms with Crippen LogP contribution >= 0.6 is 12.4 Å². The number of nitrogens with zero attached hydrogens (tertiary/aromatic N) is 1. The first-order valence-electron chi connectivity index (χ1n) is 8.22. The molecule has 0 radical (unpaired) electrons. The van der Waals surface area contributed by atoms with E-state index >= 15 is 0 Å². The van der Waals surface area contributed by atoms with Crippen molar-refractivity contribution < 1.29 is 5.11 Å². The summed E-state index contributed by atoms with van der Waals surface area (Å²) in [6, 6.07) is 7.48. The predicted molar refractivity (Wildman–Crippen MR) is 98.5 cm³/mol. The number of halogens is 1. The molecule has 0 saturated heterocycles. The first-order chi connectivity index (χ1) is 10.8. The molecule has 0 unspecified atom stereocenters. The topological polar surface area (TPSA) is 57.2 Å². The van der Waals surface area contributed by atoms with Crippen molar-refractivity contribution in [2.75, 3.05) is 18.5 Å². The minimum Gasteiger partial charge on any atom is -0.395 e. The van der Waals surface area contributed by atoms with Crippen LogP contribution in [0.5, 0.6) is 0 Å². The van der Waals surface area contributed by atoms with E-state index in [2.05, 4.69) is 40.7 Å². The van der Waals surface area contributed by atoms with Gasteiger partial charge in [-0.05, 0) is 44.2 Å². The Morgan fingerprint density at radius 2 is 1.87 bits per heavy atom. The Balaban J connectivity index is 0.00000192. The van der Waals surface area contributed by atoms with E-state index in [1.807, 2.05) is 12.4 Å². The van der Waals surface area contributed by atoms with Crippen molar-refractivity contribution >= 4 is 28.9 Å². The lowest BCUT2D eigenvalue weighted by atomic mass is 9.90. The zero-order valence-corrected chi connectivity index (χ0v) is 14.4. The summed E-state index contributed by atoms with van der Waals surface area (Å²) in [6.07, 6.45) is 8.55. The van der Waals surface area contributed by atoms with Gasteiger partial charge in [-0.25, -0.2) is 0 Å². The third kappa shape index (κ3) is 4.34. The fourth-order valence-corrected chi connectivity index (χ4v) is 3.46. The number of benzene rings is 1. The number of hydrogen-bond donors (Lipinski definition) is 3. The Labute approximate surface area is 144 Å².